The summed E-state index contributed by atoms with van der Waals surface area (Å²) in [5.74, 6) is 1.56. The number of carboxylic acid groups (broad SMARTS) is 1. The van der Waals surface area contributed by atoms with Gasteiger partial charge in [0, 0.05) is 6.54 Å². The van der Waals surface area contributed by atoms with E-state index in [-0.39, 0.29) is 0 Å². The Balaban J connectivity index is 1.78. The fourth-order valence-electron chi connectivity index (χ4n) is 2.85. The Hall–Kier alpha value is -2.41. The first-order chi connectivity index (χ1) is 11.1. The van der Waals surface area contributed by atoms with E-state index in [1.54, 1.807) is 0 Å². The molecule has 3 rings (SSSR count). The lowest BCUT2D eigenvalue weighted by molar-refractivity contribution is -0.145. The maximum Gasteiger partial charge on any atom is 0.322 e. The van der Waals surface area contributed by atoms with Crippen molar-refractivity contribution in [1.29, 1.82) is 0 Å². The van der Waals surface area contributed by atoms with Crippen molar-refractivity contribution < 1.29 is 14.6 Å². The number of carbonyl (C=O) groups is 1. The van der Waals surface area contributed by atoms with Crippen molar-refractivity contribution >= 4 is 5.97 Å². The van der Waals surface area contributed by atoms with Crippen LogP contribution in [0.3, 0.4) is 0 Å². The molecule has 7 nitrogen and oxygen atoms in total. The zero-order valence-corrected chi connectivity index (χ0v) is 13.3. The van der Waals surface area contributed by atoms with Crippen LogP contribution in [0.4, 0.5) is 0 Å². The molecule has 0 saturated carbocycles. The molecule has 0 aliphatic carbocycles. The molecule has 1 atom stereocenters. The molecule has 1 N–H and O–H groups in total. The van der Waals surface area contributed by atoms with Gasteiger partial charge in [0.15, 0.2) is 0 Å². The lowest BCUT2D eigenvalue weighted by atomic mass is 10.1. The zero-order chi connectivity index (χ0) is 16.4. The summed E-state index contributed by atoms with van der Waals surface area (Å²) < 4.78 is 7.31. The molecule has 2 heterocycles. The fraction of sp³-hybridized carbons (Fsp3) is 0.438. The zero-order valence-electron chi connectivity index (χ0n) is 13.3. The number of benzene rings is 1. The third-order valence-corrected chi connectivity index (χ3v) is 4.06. The van der Waals surface area contributed by atoms with Crippen molar-refractivity contribution in [1.82, 2.24) is 19.7 Å². The van der Waals surface area contributed by atoms with E-state index in [4.69, 9.17) is 4.74 Å². The van der Waals surface area contributed by atoms with Gasteiger partial charge in [-0.15, -0.1) is 10.2 Å². The molecule has 1 aromatic heterocycles. The van der Waals surface area contributed by atoms with E-state index in [0.717, 1.165) is 23.0 Å². The topological polar surface area (TPSA) is 80.5 Å². The summed E-state index contributed by atoms with van der Waals surface area (Å²) in [5, 5.41) is 17.7. The maximum absolute atomic E-state index is 11.6. The van der Waals surface area contributed by atoms with Crippen molar-refractivity contribution in [2.24, 2.45) is 0 Å². The standard InChI is InChI=1S/C16H20N4O3/c1-3-23-13-6-4-12(5-7-13)8-19-10-15-18-17-11(2)20(15)9-14(19)16(21)22/h4-7,14H,3,8-10H2,1-2H3,(H,21,22). The average molecular weight is 316 g/mol. The highest BCUT2D eigenvalue weighted by atomic mass is 16.5. The van der Waals surface area contributed by atoms with Crippen LogP contribution in [0.25, 0.3) is 0 Å². The second kappa shape index (κ2) is 6.37. The Morgan fingerprint density at radius 1 is 1.35 bits per heavy atom. The Kier molecular flexibility index (Phi) is 4.29. The quantitative estimate of drug-likeness (QED) is 0.899. The van der Waals surface area contributed by atoms with Crippen molar-refractivity contribution in [3.63, 3.8) is 0 Å². The van der Waals surface area contributed by atoms with Gasteiger partial charge in [-0.05, 0) is 31.5 Å². The van der Waals surface area contributed by atoms with Crippen molar-refractivity contribution in [2.75, 3.05) is 6.61 Å². The minimum absolute atomic E-state index is 0.376. The van der Waals surface area contributed by atoms with Crippen molar-refractivity contribution in [3.05, 3.63) is 41.5 Å². The molecule has 1 aliphatic heterocycles. The van der Waals surface area contributed by atoms with E-state index in [9.17, 15) is 9.90 Å². The van der Waals surface area contributed by atoms with Gasteiger partial charge in [0.25, 0.3) is 0 Å². The van der Waals surface area contributed by atoms with Gasteiger partial charge in [-0.1, -0.05) is 12.1 Å². The molecule has 122 valence electrons. The number of fused-ring (bicyclic) bond motifs is 1. The monoisotopic (exact) mass is 316 g/mol. The number of hydrogen-bond donors (Lipinski definition) is 1. The number of rotatable bonds is 5. The Morgan fingerprint density at radius 3 is 2.74 bits per heavy atom. The smallest absolute Gasteiger partial charge is 0.322 e. The van der Waals surface area contributed by atoms with E-state index >= 15 is 0 Å². The lowest BCUT2D eigenvalue weighted by Gasteiger charge is -2.33. The van der Waals surface area contributed by atoms with E-state index in [2.05, 4.69) is 10.2 Å². The summed E-state index contributed by atoms with van der Waals surface area (Å²) in [6.45, 7) is 5.82. The molecule has 23 heavy (non-hydrogen) atoms. The van der Waals surface area contributed by atoms with Gasteiger partial charge in [-0.25, -0.2) is 0 Å². The number of aromatic nitrogens is 3. The number of aryl methyl sites for hydroxylation is 1. The molecule has 1 unspecified atom stereocenters. The van der Waals surface area contributed by atoms with E-state index in [0.29, 0.717) is 26.2 Å². The van der Waals surface area contributed by atoms with Crippen LogP contribution in [0.2, 0.25) is 0 Å². The van der Waals surface area contributed by atoms with E-state index < -0.39 is 12.0 Å². The van der Waals surface area contributed by atoms with Gasteiger partial charge in [-0.3, -0.25) is 9.69 Å². The first kappa shape index (κ1) is 15.5. The van der Waals surface area contributed by atoms with Crippen LogP contribution >= 0.6 is 0 Å². The first-order valence-electron chi connectivity index (χ1n) is 7.65. The summed E-state index contributed by atoms with van der Waals surface area (Å²) in [5.41, 5.74) is 1.05. The second-order valence-corrected chi connectivity index (χ2v) is 5.61. The highest BCUT2D eigenvalue weighted by Crippen LogP contribution is 2.21. The first-order valence-corrected chi connectivity index (χ1v) is 7.65. The van der Waals surface area contributed by atoms with Gasteiger partial charge in [0.1, 0.15) is 23.4 Å². The summed E-state index contributed by atoms with van der Waals surface area (Å²) in [6, 6.07) is 7.17. The van der Waals surface area contributed by atoms with Crippen molar-refractivity contribution in [2.45, 2.75) is 39.5 Å². The van der Waals surface area contributed by atoms with Gasteiger partial charge < -0.3 is 14.4 Å². The fourth-order valence-corrected chi connectivity index (χ4v) is 2.85. The van der Waals surface area contributed by atoms with Crippen LogP contribution < -0.4 is 4.74 Å². The van der Waals surface area contributed by atoms with Crippen LogP contribution in [0.15, 0.2) is 24.3 Å². The third-order valence-electron chi connectivity index (χ3n) is 4.06. The third kappa shape index (κ3) is 3.19. The van der Waals surface area contributed by atoms with Crippen LogP contribution in [0.5, 0.6) is 5.75 Å². The molecular weight excluding hydrogens is 296 g/mol. The van der Waals surface area contributed by atoms with Gasteiger partial charge in [-0.2, -0.15) is 0 Å². The number of nitrogens with zero attached hydrogens (tertiary/aromatic N) is 4. The highest BCUT2D eigenvalue weighted by Gasteiger charge is 2.33. The van der Waals surface area contributed by atoms with Gasteiger partial charge >= 0.3 is 5.97 Å². The normalized spacial score (nSPS) is 17.7. The summed E-state index contributed by atoms with van der Waals surface area (Å²) in [4.78, 5) is 13.5. The number of hydrogen-bond acceptors (Lipinski definition) is 5. The molecule has 0 fully saturated rings. The maximum atomic E-state index is 11.6. The Morgan fingerprint density at radius 2 is 2.09 bits per heavy atom. The highest BCUT2D eigenvalue weighted by molar-refractivity contribution is 5.73. The Bertz CT molecular complexity index is 696. The predicted octanol–water partition coefficient (Wildman–Crippen LogP) is 1.45. The summed E-state index contributed by atoms with van der Waals surface area (Å²) in [7, 11) is 0. The van der Waals surface area contributed by atoms with Crippen molar-refractivity contribution in [3.8, 4) is 5.75 Å². The molecule has 0 radical (unpaired) electrons. The van der Waals surface area contributed by atoms with E-state index in [1.807, 2.05) is 47.6 Å². The number of carboxylic acids is 1. The summed E-state index contributed by atoms with van der Waals surface area (Å²) >= 11 is 0. The molecule has 0 spiro atoms. The average Bonchev–Trinajstić information content (AvgIpc) is 2.89. The molecule has 0 saturated heterocycles. The van der Waals surface area contributed by atoms with Crippen LogP contribution in [0, 0.1) is 6.92 Å². The predicted molar refractivity (Wildman–Crippen MR) is 83.0 cm³/mol. The molecule has 1 aromatic carbocycles. The SMILES string of the molecule is CCOc1ccc(CN2Cc3nnc(C)n3CC2C(=O)O)cc1. The minimum atomic E-state index is -0.824. The molecular formula is C16H20N4O3. The molecule has 1 aliphatic rings. The molecule has 0 amide bonds. The lowest BCUT2D eigenvalue weighted by Crippen LogP contribution is -2.47. The minimum Gasteiger partial charge on any atom is -0.494 e. The van der Waals surface area contributed by atoms with Crippen LogP contribution in [-0.4, -0.2) is 43.4 Å². The van der Waals surface area contributed by atoms with Crippen LogP contribution in [0.1, 0.15) is 24.1 Å². The largest absolute Gasteiger partial charge is 0.494 e. The second-order valence-electron chi connectivity index (χ2n) is 5.61. The van der Waals surface area contributed by atoms with Crippen LogP contribution in [-0.2, 0) is 24.4 Å². The molecule has 2 aromatic rings. The van der Waals surface area contributed by atoms with Gasteiger partial charge in [0.2, 0.25) is 0 Å². The summed E-state index contributed by atoms with van der Waals surface area (Å²) in [6.07, 6.45) is 0. The molecule has 0 bridgehead atoms. The van der Waals surface area contributed by atoms with Gasteiger partial charge in [0.05, 0.1) is 19.7 Å². The molecule has 7 heteroatoms. The number of aliphatic carboxylic acids is 1. The number of ether oxygens (including phenoxy) is 1. The Labute approximate surface area is 134 Å². The van der Waals surface area contributed by atoms with E-state index in [1.165, 1.54) is 0 Å².